The summed E-state index contributed by atoms with van der Waals surface area (Å²) in [6, 6.07) is 5.20. The van der Waals surface area contributed by atoms with Crippen LogP contribution in [0.4, 0.5) is 4.39 Å². The molecule has 1 aliphatic heterocycles. The van der Waals surface area contributed by atoms with Crippen LogP contribution >= 0.6 is 15.9 Å². The Kier molecular flexibility index (Phi) is 4.95. The Morgan fingerprint density at radius 3 is 2.89 bits per heavy atom. The normalized spacial score (nSPS) is 22.7. The lowest BCUT2D eigenvalue weighted by Crippen LogP contribution is -2.49. The monoisotopic (exact) mass is 330 g/mol. The molecule has 5 heteroatoms. The van der Waals surface area contributed by atoms with Gasteiger partial charge >= 0.3 is 0 Å². The van der Waals surface area contributed by atoms with Crippen molar-refractivity contribution >= 4 is 15.9 Å². The van der Waals surface area contributed by atoms with Crippen molar-refractivity contribution in [2.75, 3.05) is 19.7 Å². The van der Waals surface area contributed by atoms with Gasteiger partial charge in [0.2, 0.25) is 0 Å². The van der Waals surface area contributed by atoms with Crippen LogP contribution in [0.25, 0.3) is 0 Å². The molecule has 1 aromatic rings. The number of halogens is 2. The molecule has 0 amide bonds. The van der Waals surface area contributed by atoms with Gasteiger partial charge in [0, 0.05) is 24.7 Å². The fourth-order valence-electron chi connectivity index (χ4n) is 2.36. The van der Waals surface area contributed by atoms with E-state index in [0.717, 1.165) is 13.1 Å². The molecule has 19 heavy (non-hydrogen) atoms. The van der Waals surface area contributed by atoms with Gasteiger partial charge in [-0.05, 0) is 35.8 Å². The summed E-state index contributed by atoms with van der Waals surface area (Å²) >= 11 is 3.19. The molecule has 1 heterocycles. The second-order valence-electron chi connectivity index (χ2n) is 5.17. The van der Waals surface area contributed by atoms with Crippen LogP contribution in [-0.4, -0.2) is 36.7 Å². The molecule has 0 spiro atoms. The number of hydrogen-bond donors (Lipinski definition) is 1. The third-order valence-electron chi connectivity index (χ3n) is 3.60. The fraction of sp³-hybridized carbons (Fsp3) is 0.571. The first kappa shape index (κ1) is 14.9. The molecule has 2 unspecified atom stereocenters. The zero-order chi connectivity index (χ0) is 14.0. The number of hydrogen-bond acceptors (Lipinski definition) is 3. The molecule has 0 aromatic heterocycles. The Labute approximate surface area is 122 Å². The molecule has 2 atom stereocenters. The summed E-state index contributed by atoms with van der Waals surface area (Å²) in [6.07, 6.45) is -0.167. The zero-order valence-electron chi connectivity index (χ0n) is 11.3. The smallest absolute Gasteiger partial charge is 0.142 e. The summed E-state index contributed by atoms with van der Waals surface area (Å²) < 4.78 is 20.2. The number of ether oxygens (including phenoxy) is 1. The number of nitrogens with two attached hydrogens (primary N) is 1. The highest BCUT2D eigenvalue weighted by Crippen LogP contribution is 2.27. The lowest BCUT2D eigenvalue weighted by atomic mass is 10.00. The topological polar surface area (TPSA) is 38.5 Å². The zero-order valence-corrected chi connectivity index (χ0v) is 12.9. The Morgan fingerprint density at radius 2 is 2.21 bits per heavy atom. The summed E-state index contributed by atoms with van der Waals surface area (Å²) in [4.78, 5) is 2.31. The predicted molar refractivity (Wildman–Crippen MR) is 77.5 cm³/mol. The first-order chi connectivity index (χ1) is 9.00. The van der Waals surface area contributed by atoms with Crippen LogP contribution in [0.15, 0.2) is 22.7 Å². The standard InChI is InChI=1S/C14H20BrFN2O/c1-9(2)18-6-7-19-12(8-18)14(17)10-4-3-5-11(15)13(10)16/h3-5,9,12,14H,6-8,17H2,1-2H3. The Morgan fingerprint density at radius 1 is 1.47 bits per heavy atom. The largest absolute Gasteiger partial charge is 0.374 e. The van der Waals surface area contributed by atoms with Crippen molar-refractivity contribution in [3.8, 4) is 0 Å². The van der Waals surface area contributed by atoms with Crippen LogP contribution in [0.5, 0.6) is 0 Å². The highest BCUT2D eigenvalue weighted by atomic mass is 79.9. The van der Waals surface area contributed by atoms with Gasteiger partial charge in [-0.2, -0.15) is 0 Å². The van der Waals surface area contributed by atoms with Gasteiger partial charge in [0.15, 0.2) is 0 Å². The third-order valence-corrected chi connectivity index (χ3v) is 4.21. The van der Waals surface area contributed by atoms with E-state index in [-0.39, 0.29) is 11.9 Å². The van der Waals surface area contributed by atoms with E-state index in [4.69, 9.17) is 10.5 Å². The minimum Gasteiger partial charge on any atom is -0.374 e. The molecule has 3 nitrogen and oxygen atoms in total. The van der Waals surface area contributed by atoms with Crippen molar-refractivity contribution in [3.63, 3.8) is 0 Å². The van der Waals surface area contributed by atoms with E-state index in [9.17, 15) is 4.39 Å². The predicted octanol–water partition coefficient (Wildman–Crippen LogP) is 2.70. The highest BCUT2D eigenvalue weighted by molar-refractivity contribution is 9.10. The van der Waals surface area contributed by atoms with Gasteiger partial charge in [0.05, 0.1) is 23.2 Å². The van der Waals surface area contributed by atoms with Crippen LogP contribution < -0.4 is 5.73 Å². The van der Waals surface area contributed by atoms with E-state index in [1.54, 1.807) is 18.2 Å². The van der Waals surface area contributed by atoms with E-state index >= 15 is 0 Å². The van der Waals surface area contributed by atoms with Gasteiger partial charge in [-0.1, -0.05) is 12.1 Å². The number of benzene rings is 1. The lowest BCUT2D eigenvalue weighted by Gasteiger charge is -2.38. The number of rotatable bonds is 3. The van der Waals surface area contributed by atoms with Crippen molar-refractivity contribution in [1.29, 1.82) is 0 Å². The van der Waals surface area contributed by atoms with Crippen molar-refractivity contribution in [2.24, 2.45) is 5.73 Å². The first-order valence-electron chi connectivity index (χ1n) is 6.56. The number of nitrogens with zero attached hydrogens (tertiary/aromatic N) is 1. The van der Waals surface area contributed by atoms with Crippen LogP contribution in [-0.2, 0) is 4.74 Å². The number of morpholine rings is 1. The fourth-order valence-corrected chi connectivity index (χ4v) is 2.74. The van der Waals surface area contributed by atoms with E-state index in [1.165, 1.54) is 0 Å². The van der Waals surface area contributed by atoms with Crippen molar-refractivity contribution in [3.05, 3.63) is 34.1 Å². The average molecular weight is 331 g/mol. The summed E-state index contributed by atoms with van der Waals surface area (Å²) in [5, 5.41) is 0. The molecule has 106 valence electrons. The van der Waals surface area contributed by atoms with Crippen molar-refractivity contribution < 1.29 is 9.13 Å². The summed E-state index contributed by atoms with van der Waals surface area (Å²) in [5.74, 6) is -0.291. The minimum atomic E-state index is -0.445. The molecular formula is C14H20BrFN2O. The molecule has 2 N–H and O–H groups in total. The van der Waals surface area contributed by atoms with Gasteiger partial charge in [-0.25, -0.2) is 4.39 Å². The second-order valence-corrected chi connectivity index (χ2v) is 6.02. The van der Waals surface area contributed by atoms with Gasteiger partial charge in [0.1, 0.15) is 5.82 Å². The molecule has 0 saturated carbocycles. The quantitative estimate of drug-likeness (QED) is 0.926. The summed E-state index contributed by atoms with van der Waals surface area (Å²) in [6.45, 7) is 6.58. The Hall–Kier alpha value is -0.490. The van der Waals surface area contributed by atoms with Crippen molar-refractivity contribution in [1.82, 2.24) is 4.90 Å². The summed E-state index contributed by atoms with van der Waals surface area (Å²) in [5.41, 5.74) is 6.69. The molecule has 2 rings (SSSR count). The van der Waals surface area contributed by atoms with Crippen LogP contribution in [0.1, 0.15) is 25.5 Å². The first-order valence-corrected chi connectivity index (χ1v) is 7.35. The Bertz CT molecular complexity index is 441. The van der Waals surface area contributed by atoms with E-state index in [0.29, 0.717) is 22.7 Å². The van der Waals surface area contributed by atoms with Crippen LogP contribution in [0.2, 0.25) is 0 Å². The van der Waals surface area contributed by atoms with Crippen LogP contribution in [0.3, 0.4) is 0 Å². The van der Waals surface area contributed by atoms with Gasteiger partial charge in [-0.15, -0.1) is 0 Å². The molecule has 0 aliphatic carbocycles. The van der Waals surface area contributed by atoms with Gasteiger partial charge in [0.25, 0.3) is 0 Å². The maximum Gasteiger partial charge on any atom is 0.142 e. The van der Waals surface area contributed by atoms with E-state index in [1.807, 2.05) is 0 Å². The second kappa shape index (κ2) is 6.31. The lowest BCUT2D eigenvalue weighted by molar-refractivity contribution is -0.0506. The summed E-state index contributed by atoms with van der Waals surface area (Å²) in [7, 11) is 0. The Balaban J connectivity index is 2.14. The SMILES string of the molecule is CC(C)N1CCOC(C(N)c2cccc(Br)c2F)C1. The molecule has 0 radical (unpaired) electrons. The minimum absolute atomic E-state index is 0.167. The average Bonchev–Trinajstić information content (AvgIpc) is 2.41. The maximum atomic E-state index is 14.1. The van der Waals surface area contributed by atoms with Gasteiger partial charge < -0.3 is 10.5 Å². The molecule has 1 fully saturated rings. The molecule has 1 aromatic carbocycles. The molecule has 1 saturated heterocycles. The van der Waals surface area contributed by atoms with E-state index < -0.39 is 6.04 Å². The molecular weight excluding hydrogens is 311 g/mol. The third kappa shape index (κ3) is 3.34. The van der Waals surface area contributed by atoms with E-state index in [2.05, 4.69) is 34.7 Å². The maximum absolute atomic E-state index is 14.1. The van der Waals surface area contributed by atoms with Crippen LogP contribution in [0, 0.1) is 5.82 Å². The van der Waals surface area contributed by atoms with Gasteiger partial charge in [-0.3, -0.25) is 4.90 Å². The van der Waals surface area contributed by atoms with Crippen molar-refractivity contribution in [2.45, 2.75) is 32.0 Å². The molecule has 0 bridgehead atoms. The highest BCUT2D eigenvalue weighted by Gasteiger charge is 2.29. The molecule has 1 aliphatic rings.